The molecular weight excluding hydrogens is 280 g/mol. The first-order valence-electron chi connectivity index (χ1n) is 9.90. The smallest absolute Gasteiger partial charge is 0.162 e. The number of unbranched alkanes of at least 4 members (excludes halogenated alkanes) is 9. The van der Waals surface area contributed by atoms with Crippen LogP contribution in [0, 0.1) is 0 Å². The van der Waals surface area contributed by atoms with Crippen molar-refractivity contribution in [3.63, 3.8) is 0 Å². The van der Waals surface area contributed by atoms with Crippen molar-refractivity contribution in [2.75, 3.05) is 0 Å². The Balaban J connectivity index is 2.09. The zero-order chi connectivity index (χ0) is 16.8. The Labute approximate surface area is 143 Å². The fraction of sp³-hybridized carbons (Fsp3) is 0.682. The van der Waals surface area contributed by atoms with Crippen LogP contribution < -0.4 is 0 Å². The van der Waals surface area contributed by atoms with Gasteiger partial charge in [-0.25, -0.2) is 0 Å². The van der Waals surface area contributed by atoms with Crippen molar-refractivity contribution < 1.29 is 4.79 Å². The Morgan fingerprint density at radius 1 is 0.696 bits per heavy atom. The largest absolute Gasteiger partial charge is 0.294 e. The Morgan fingerprint density at radius 3 is 1.78 bits per heavy atom. The van der Waals surface area contributed by atoms with Gasteiger partial charge in [0.15, 0.2) is 5.78 Å². The second-order valence-corrected chi connectivity index (χ2v) is 6.80. The van der Waals surface area contributed by atoms with E-state index in [1.165, 1.54) is 69.8 Å². The van der Waals surface area contributed by atoms with Gasteiger partial charge < -0.3 is 0 Å². The zero-order valence-corrected chi connectivity index (χ0v) is 15.4. The summed E-state index contributed by atoms with van der Waals surface area (Å²) in [5.74, 6) is 0.315. The van der Waals surface area contributed by atoms with Crippen molar-refractivity contribution in [3.05, 3.63) is 35.4 Å². The molecule has 0 amide bonds. The lowest BCUT2D eigenvalue weighted by atomic mass is 10.0. The van der Waals surface area contributed by atoms with Crippen LogP contribution in [0.1, 0.15) is 107 Å². The van der Waals surface area contributed by atoms with E-state index >= 15 is 0 Å². The predicted octanol–water partition coefficient (Wildman–Crippen LogP) is 7.13. The molecule has 0 aliphatic heterocycles. The minimum Gasteiger partial charge on any atom is -0.294 e. The number of rotatable bonds is 14. The molecule has 0 aliphatic rings. The third-order valence-corrected chi connectivity index (χ3v) is 4.60. The highest BCUT2D eigenvalue weighted by atomic mass is 16.1. The van der Waals surface area contributed by atoms with Gasteiger partial charge in [-0.1, -0.05) is 95.9 Å². The van der Waals surface area contributed by atoms with Gasteiger partial charge in [-0.3, -0.25) is 4.79 Å². The van der Waals surface area contributed by atoms with Crippen LogP contribution in [0.15, 0.2) is 24.3 Å². The second-order valence-electron chi connectivity index (χ2n) is 6.80. The van der Waals surface area contributed by atoms with Crippen molar-refractivity contribution >= 4 is 5.78 Å². The molecule has 0 atom stereocenters. The summed E-state index contributed by atoms with van der Waals surface area (Å²) in [5, 5.41) is 0. The maximum Gasteiger partial charge on any atom is 0.162 e. The third kappa shape index (κ3) is 9.58. The number of aryl methyl sites for hydroxylation is 1. The monoisotopic (exact) mass is 316 g/mol. The number of benzene rings is 1. The number of carbonyl (C=O) groups excluding carboxylic acids is 1. The molecular formula is C22H36O. The van der Waals surface area contributed by atoms with Gasteiger partial charge in [-0.15, -0.1) is 0 Å². The first kappa shape index (κ1) is 19.9. The van der Waals surface area contributed by atoms with Gasteiger partial charge >= 0.3 is 0 Å². The van der Waals surface area contributed by atoms with Crippen LogP contribution in [0.5, 0.6) is 0 Å². The fourth-order valence-electron chi connectivity index (χ4n) is 2.98. The molecule has 0 spiro atoms. The van der Waals surface area contributed by atoms with Gasteiger partial charge in [-0.05, 0) is 24.8 Å². The standard InChI is InChI=1S/C22H36O/c1-3-5-7-8-9-10-11-12-13-15-22(23)21-18-16-20(17-19-21)14-6-4-2/h16-19H,3-15H2,1-2H3. The topological polar surface area (TPSA) is 17.1 Å². The summed E-state index contributed by atoms with van der Waals surface area (Å²) in [5.41, 5.74) is 2.25. The second kappa shape index (κ2) is 13.3. The summed E-state index contributed by atoms with van der Waals surface area (Å²) in [6, 6.07) is 8.28. The molecule has 23 heavy (non-hydrogen) atoms. The quantitative estimate of drug-likeness (QED) is 0.263. The van der Waals surface area contributed by atoms with Crippen molar-refractivity contribution in [3.8, 4) is 0 Å². The molecule has 0 radical (unpaired) electrons. The van der Waals surface area contributed by atoms with E-state index in [9.17, 15) is 4.79 Å². The molecule has 0 fully saturated rings. The van der Waals surface area contributed by atoms with E-state index in [2.05, 4.69) is 26.0 Å². The highest BCUT2D eigenvalue weighted by Crippen LogP contribution is 2.14. The third-order valence-electron chi connectivity index (χ3n) is 4.60. The maximum absolute atomic E-state index is 12.2. The SMILES string of the molecule is CCCCCCCCCCCC(=O)c1ccc(CCCC)cc1. The number of carbonyl (C=O) groups is 1. The molecule has 1 heteroatoms. The molecule has 0 aromatic heterocycles. The van der Waals surface area contributed by atoms with Gasteiger partial charge in [0, 0.05) is 12.0 Å². The van der Waals surface area contributed by atoms with Crippen molar-refractivity contribution in [2.45, 2.75) is 97.3 Å². The lowest BCUT2D eigenvalue weighted by Gasteiger charge is -2.04. The number of hydrogen-bond acceptors (Lipinski definition) is 1. The molecule has 1 aromatic rings. The average molecular weight is 317 g/mol. The number of Topliss-reactive ketones (excluding diaryl/α,β-unsaturated/α-hetero) is 1. The summed E-state index contributed by atoms with van der Waals surface area (Å²) >= 11 is 0. The van der Waals surface area contributed by atoms with Crippen molar-refractivity contribution in [1.82, 2.24) is 0 Å². The molecule has 1 rings (SSSR count). The van der Waals surface area contributed by atoms with Crippen LogP contribution in [0.3, 0.4) is 0 Å². The van der Waals surface area contributed by atoms with Crippen molar-refractivity contribution in [1.29, 1.82) is 0 Å². The molecule has 0 unspecified atom stereocenters. The van der Waals surface area contributed by atoms with Crippen molar-refractivity contribution in [2.24, 2.45) is 0 Å². The van der Waals surface area contributed by atoms with E-state index in [0.29, 0.717) is 12.2 Å². The van der Waals surface area contributed by atoms with Crippen LogP contribution in [0.25, 0.3) is 0 Å². The van der Waals surface area contributed by atoms with E-state index in [4.69, 9.17) is 0 Å². The first-order chi connectivity index (χ1) is 11.3. The minimum atomic E-state index is 0.315. The number of ketones is 1. The van der Waals surface area contributed by atoms with Crippen LogP contribution in [0.2, 0.25) is 0 Å². The summed E-state index contributed by atoms with van der Waals surface area (Å²) in [4.78, 5) is 12.2. The Kier molecular flexibility index (Phi) is 11.6. The maximum atomic E-state index is 12.2. The van der Waals surface area contributed by atoms with E-state index in [1.54, 1.807) is 0 Å². The Bertz CT molecular complexity index is 404. The minimum absolute atomic E-state index is 0.315. The van der Waals surface area contributed by atoms with E-state index in [0.717, 1.165) is 18.4 Å². The van der Waals surface area contributed by atoms with Crippen LogP contribution >= 0.6 is 0 Å². The normalized spacial score (nSPS) is 10.9. The highest BCUT2D eigenvalue weighted by Gasteiger charge is 2.05. The van der Waals surface area contributed by atoms with Gasteiger partial charge in [0.2, 0.25) is 0 Å². The van der Waals surface area contributed by atoms with Gasteiger partial charge in [0.05, 0.1) is 0 Å². The summed E-state index contributed by atoms with van der Waals surface area (Å²) in [6.07, 6.45) is 16.0. The zero-order valence-electron chi connectivity index (χ0n) is 15.4. The molecule has 0 aliphatic carbocycles. The Morgan fingerprint density at radius 2 is 1.22 bits per heavy atom. The van der Waals surface area contributed by atoms with Crippen LogP contribution in [0.4, 0.5) is 0 Å². The van der Waals surface area contributed by atoms with E-state index in [-0.39, 0.29) is 0 Å². The predicted molar refractivity (Wildman–Crippen MR) is 101 cm³/mol. The molecule has 0 N–H and O–H groups in total. The lowest BCUT2D eigenvalue weighted by molar-refractivity contribution is 0.0979. The van der Waals surface area contributed by atoms with Crippen LogP contribution in [-0.4, -0.2) is 5.78 Å². The summed E-state index contributed by atoms with van der Waals surface area (Å²) < 4.78 is 0. The molecule has 0 bridgehead atoms. The summed E-state index contributed by atoms with van der Waals surface area (Å²) in [7, 11) is 0. The molecule has 0 saturated carbocycles. The first-order valence-corrected chi connectivity index (χ1v) is 9.90. The van der Waals surface area contributed by atoms with Gasteiger partial charge in [0.25, 0.3) is 0 Å². The molecule has 130 valence electrons. The van der Waals surface area contributed by atoms with E-state index in [1.807, 2.05) is 12.1 Å². The van der Waals surface area contributed by atoms with Gasteiger partial charge in [-0.2, -0.15) is 0 Å². The molecule has 1 aromatic carbocycles. The molecule has 0 heterocycles. The van der Waals surface area contributed by atoms with Crippen LogP contribution in [-0.2, 0) is 6.42 Å². The number of hydrogen-bond donors (Lipinski definition) is 0. The Hall–Kier alpha value is -1.11. The average Bonchev–Trinajstić information content (AvgIpc) is 2.58. The van der Waals surface area contributed by atoms with E-state index < -0.39 is 0 Å². The molecule has 0 saturated heterocycles. The highest BCUT2D eigenvalue weighted by molar-refractivity contribution is 5.96. The van der Waals surface area contributed by atoms with Gasteiger partial charge in [0.1, 0.15) is 0 Å². The lowest BCUT2D eigenvalue weighted by Crippen LogP contribution is -1.99. The summed E-state index contributed by atoms with van der Waals surface area (Å²) in [6.45, 7) is 4.47. The molecule has 1 nitrogen and oxygen atoms in total. The fourth-order valence-corrected chi connectivity index (χ4v) is 2.98.